The van der Waals surface area contributed by atoms with Crippen LogP contribution >= 0.6 is 23.2 Å². The molecule has 1 amide bonds. The Morgan fingerprint density at radius 3 is 2.37 bits per heavy atom. The molecule has 1 rings (SSSR count). The third-order valence-corrected chi connectivity index (χ3v) is 3.10. The average molecular weight is 304 g/mol. The van der Waals surface area contributed by atoms with Crippen molar-refractivity contribution in [3.05, 3.63) is 33.8 Å². The standard InChI is InChI=1S/C13H15Cl2NO3/c1-8(2)6-16(7-12(17)18)13(19)9-3-4-10(14)11(15)5-9/h3-5,8H,6-7H2,1-2H3,(H,17,18). The molecule has 0 unspecified atom stereocenters. The second kappa shape index (κ2) is 6.78. The van der Waals surface area contributed by atoms with Crippen LogP contribution in [0, 0.1) is 5.92 Å². The highest BCUT2D eigenvalue weighted by molar-refractivity contribution is 6.42. The number of benzene rings is 1. The van der Waals surface area contributed by atoms with Crippen molar-refractivity contribution in [1.82, 2.24) is 4.90 Å². The maximum Gasteiger partial charge on any atom is 0.323 e. The molecule has 0 fully saturated rings. The van der Waals surface area contributed by atoms with Crippen LogP contribution in [-0.2, 0) is 4.79 Å². The van der Waals surface area contributed by atoms with Crippen molar-refractivity contribution in [3.63, 3.8) is 0 Å². The number of amides is 1. The Morgan fingerprint density at radius 1 is 1.26 bits per heavy atom. The normalized spacial score (nSPS) is 10.6. The first-order chi connectivity index (χ1) is 8.81. The third-order valence-electron chi connectivity index (χ3n) is 2.37. The lowest BCUT2D eigenvalue weighted by Gasteiger charge is -2.22. The van der Waals surface area contributed by atoms with Crippen LogP contribution in [0.25, 0.3) is 0 Å². The van der Waals surface area contributed by atoms with Crippen LogP contribution in [-0.4, -0.2) is 35.0 Å². The molecule has 6 heteroatoms. The summed E-state index contributed by atoms with van der Waals surface area (Å²) in [7, 11) is 0. The summed E-state index contributed by atoms with van der Waals surface area (Å²) in [5.74, 6) is -1.24. The SMILES string of the molecule is CC(C)CN(CC(=O)O)C(=O)c1ccc(Cl)c(Cl)c1. The van der Waals surface area contributed by atoms with E-state index in [1.807, 2.05) is 13.8 Å². The zero-order valence-corrected chi connectivity index (χ0v) is 12.2. The molecule has 0 spiro atoms. The maximum absolute atomic E-state index is 12.2. The maximum atomic E-state index is 12.2. The highest BCUT2D eigenvalue weighted by atomic mass is 35.5. The number of halogens is 2. The van der Waals surface area contributed by atoms with E-state index in [0.717, 1.165) is 0 Å². The van der Waals surface area contributed by atoms with Crippen molar-refractivity contribution in [2.45, 2.75) is 13.8 Å². The fourth-order valence-electron chi connectivity index (χ4n) is 1.64. The lowest BCUT2D eigenvalue weighted by Crippen LogP contribution is -2.38. The predicted octanol–water partition coefficient (Wildman–Crippen LogP) is 3.18. The highest BCUT2D eigenvalue weighted by Crippen LogP contribution is 2.23. The van der Waals surface area contributed by atoms with Gasteiger partial charge >= 0.3 is 5.97 Å². The molecule has 0 aliphatic rings. The van der Waals surface area contributed by atoms with Gasteiger partial charge in [-0.2, -0.15) is 0 Å². The van der Waals surface area contributed by atoms with Crippen LogP contribution < -0.4 is 0 Å². The molecule has 1 N–H and O–H groups in total. The number of rotatable bonds is 5. The number of hydrogen-bond acceptors (Lipinski definition) is 2. The zero-order valence-electron chi connectivity index (χ0n) is 10.7. The summed E-state index contributed by atoms with van der Waals surface area (Å²) in [6.07, 6.45) is 0. The molecule has 0 atom stereocenters. The Morgan fingerprint density at radius 2 is 1.89 bits per heavy atom. The van der Waals surface area contributed by atoms with Crippen molar-refractivity contribution in [3.8, 4) is 0 Å². The van der Waals surface area contributed by atoms with Crippen molar-refractivity contribution in [2.24, 2.45) is 5.92 Å². The van der Waals surface area contributed by atoms with Crippen LogP contribution in [0.15, 0.2) is 18.2 Å². The van der Waals surface area contributed by atoms with Gasteiger partial charge in [0.15, 0.2) is 0 Å². The number of carboxylic acid groups (broad SMARTS) is 1. The van der Waals surface area contributed by atoms with Crippen LogP contribution in [0.2, 0.25) is 10.0 Å². The van der Waals surface area contributed by atoms with Crippen molar-refractivity contribution < 1.29 is 14.7 Å². The van der Waals surface area contributed by atoms with Gasteiger partial charge in [0, 0.05) is 12.1 Å². The van der Waals surface area contributed by atoms with Crippen LogP contribution in [0.1, 0.15) is 24.2 Å². The largest absolute Gasteiger partial charge is 0.480 e. The second-order valence-electron chi connectivity index (χ2n) is 4.60. The van der Waals surface area contributed by atoms with E-state index in [-0.39, 0.29) is 23.4 Å². The minimum absolute atomic E-state index is 0.172. The summed E-state index contributed by atoms with van der Waals surface area (Å²) >= 11 is 11.6. The van der Waals surface area contributed by atoms with E-state index in [9.17, 15) is 9.59 Å². The van der Waals surface area contributed by atoms with E-state index in [2.05, 4.69) is 0 Å². The van der Waals surface area contributed by atoms with Gasteiger partial charge in [-0.3, -0.25) is 9.59 Å². The van der Waals surface area contributed by atoms with E-state index >= 15 is 0 Å². The Kier molecular flexibility index (Phi) is 5.63. The van der Waals surface area contributed by atoms with Gasteiger partial charge in [-0.1, -0.05) is 37.0 Å². The number of carbonyl (C=O) groups is 2. The minimum Gasteiger partial charge on any atom is -0.480 e. The monoisotopic (exact) mass is 303 g/mol. The second-order valence-corrected chi connectivity index (χ2v) is 5.42. The summed E-state index contributed by atoms with van der Waals surface area (Å²) in [6.45, 7) is 3.86. The van der Waals surface area contributed by atoms with Crippen molar-refractivity contribution >= 4 is 35.1 Å². The fraction of sp³-hybridized carbons (Fsp3) is 0.385. The third kappa shape index (κ3) is 4.73. The summed E-state index contributed by atoms with van der Waals surface area (Å²) in [6, 6.07) is 4.50. The first kappa shape index (κ1) is 15.8. The quantitative estimate of drug-likeness (QED) is 0.909. The molecule has 0 radical (unpaired) electrons. The van der Waals surface area contributed by atoms with Gasteiger partial charge in [-0.15, -0.1) is 0 Å². The molecule has 1 aromatic carbocycles. The topological polar surface area (TPSA) is 57.6 Å². The Bertz CT molecular complexity index is 489. The molecule has 0 aliphatic heterocycles. The molecule has 104 valence electrons. The molecule has 1 aromatic rings. The van der Waals surface area contributed by atoms with Crippen molar-refractivity contribution in [1.29, 1.82) is 0 Å². The molecular formula is C13H15Cl2NO3. The number of carboxylic acids is 1. The van der Waals surface area contributed by atoms with Gasteiger partial charge in [-0.25, -0.2) is 0 Å². The molecule has 0 heterocycles. The number of hydrogen-bond donors (Lipinski definition) is 1. The molecule has 4 nitrogen and oxygen atoms in total. The van der Waals surface area contributed by atoms with Gasteiger partial charge in [0.2, 0.25) is 0 Å². The smallest absolute Gasteiger partial charge is 0.323 e. The Balaban J connectivity index is 2.97. The zero-order chi connectivity index (χ0) is 14.6. The molecule has 0 saturated heterocycles. The van der Waals surface area contributed by atoms with E-state index in [1.165, 1.54) is 23.1 Å². The van der Waals surface area contributed by atoms with E-state index in [1.54, 1.807) is 0 Å². The lowest BCUT2D eigenvalue weighted by molar-refractivity contribution is -0.137. The van der Waals surface area contributed by atoms with Crippen LogP contribution in [0.4, 0.5) is 0 Å². The number of carbonyl (C=O) groups excluding carboxylic acids is 1. The summed E-state index contributed by atoms with van der Waals surface area (Å²) in [4.78, 5) is 24.3. The molecule has 0 bridgehead atoms. The van der Waals surface area contributed by atoms with Gasteiger partial charge < -0.3 is 10.0 Å². The minimum atomic E-state index is -1.05. The summed E-state index contributed by atoms with van der Waals surface area (Å²) in [5.41, 5.74) is 0.330. The summed E-state index contributed by atoms with van der Waals surface area (Å²) < 4.78 is 0. The van der Waals surface area contributed by atoms with Gasteiger partial charge in [0.1, 0.15) is 6.54 Å². The lowest BCUT2D eigenvalue weighted by atomic mass is 10.1. The first-order valence-electron chi connectivity index (χ1n) is 5.77. The molecular weight excluding hydrogens is 289 g/mol. The first-order valence-corrected chi connectivity index (χ1v) is 6.53. The fourth-order valence-corrected chi connectivity index (χ4v) is 1.93. The molecule has 19 heavy (non-hydrogen) atoms. The summed E-state index contributed by atoms with van der Waals surface area (Å²) in [5, 5.41) is 9.47. The highest BCUT2D eigenvalue weighted by Gasteiger charge is 2.20. The van der Waals surface area contributed by atoms with Crippen molar-refractivity contribution in [2.75, 3.05) is 13.1 Å². The number of aliphatic carboxylic acids is 1. The average Bonchev–Trinajstić information content (AvgIpc) is 2.29. The van der Waals surface area contributed by atoms with Gasteiger partial charge in [0.25, 0.3) is 5.91 Å². The van der Waals surface area contributed by atoms with Crippen LogP contribution in [0.3, 0.4) is 0 Å². The Hall–Kier alpha value is -1.26. The molecule has 0 aromatic heterocycles. The predicted molar refractivity (Wildman–Crippen MR) is 74.8 cm³/mol. The van der Waals surface area contributed by atoms with Crippen LogP contribution in [0.5, 0.6) is 0 Å². The molecule has 0 aliphatic carbocycles. The van der Waals surface area contributed by atoms with E-state index in [4.69, 9.17) is 28.3 Å². The molecule has 0 saturated carbocycles. The Labute approximate surface area is 121 Å². The number of nitrogens with zero attached hydrogens (tertiary/aromatic N) is 1. The van der Waals surface area contributed by atoms with Gasteiger partial charge in [0.05, 0.1) is 10.0 Å². The van der Waals surface area contributed by atoms with Gasteiger partial charge in [-0.05, 0) is 24.1 Å². The van der Waals surface area contributed by atoms with E-state index in [0.29, 0.717) is 17.1 Å². The van der Waals surface area contributed by atoms with E-state index < -0.39 is 5.97 Å².